The summed E-state index contributed by atoms with van der Waals surface area (Å²) in [5.74, 6) is 2.01. The van der Waals surface area contributed by atoms with Crippen LogP contribution in [0.15, 0.2) is 0 Å². The molecule has 0 aliphatic rings. The number of thiazole rings is 1. The molecule has 1 aromatic rings. The summed E-state index contributed by atoms with van der Waals surface area (Å²) in [7, 11) is 0. The van der Waals surface area contributed by atoms with Gasteiger partial charge in [0, 0.05) is 0 Å². The van der Waals surface area contributed by atoms with Gasteiger partial charge >= 0.3 is 6.09 Å². The summed E-state index contributed by atoms with van der Waals surface area (Å²) in [6.07, 6.45) is 4.46. The van der Waals surface area contributed by atoms with Crippen LogP contribution < -0.4 is 10.6 Å². The van der Waals surface area contributed by atoms with E-state index in [-0.39, 0.29) is 12.5 Å². The van der Waals surface area contributed by atoms with Crippen molar-refractivity contribution < 1.29 is 14.3 Å². The highest BCUT2D eigenvalue weighted by Gasteiger charge is 2.19. The van der Waals surface area contributed by atoms with Gasteiger partial charge in [-0.15, -0.1) is 6.42 Å². The highest BCUT2D eigenvalue weighted by atomic mass is 32.1. The van der Waals surface area contributed by atoms with Gasteiger partial charge in [-0.1, -0.05) is 17.3 Å². The molecular weight excluding hydrogens is 278 g/mol. The number of amides is 2. The van der Waals surface area contributed by atoms with E-state index < -0.39 is 11.7 Å². The second kappa shape index (κ2) is 6.39. The Labute approximate surface area is 121 Å². The smallest absolute Gasteiger partial charge is 0.413 e. The molecule has 1 heterocycles. The fourth-order valence-corrected chi connectivity index (χ4v) is 2.13. The van der Waals surface area contributed by atoms with E-state index >= 15 is 0 Å². The summed E-state index contributed by atoms with van der Waals surface area (Å²) in [6.45, 7) is 7.11. The molecule has 1 rings (SSSR count). The molecular formula is C13H17N3O3S. The predicted octanol–water partition coefficient (Wildman–Crippen LogP) is 2.16. The molecule has 0 aliphatic heterocycles. The van der Waals surface area contributed by atoms with E-state index in [0.29, 0.717) is 15.7 Å². The number of ether oxygens (including phenoxy) is 1. The maximum atomic E-state index is 11.8. The van der Waals surface area contributed by atoms with Crippen LogP contribution in [-0.2, 0) is 4.74 Å². The number of nitrogens with one attached hydrogen (secondary N) is 2. The predicted molar refractivity (Wildman–Crippen MR) is 77.9 cm³/mol. The van der Waals surface area contributed by atoms with E-state index in [1.165, 1.54) is 0 Å². The molecule has 6 nitrogen and oxygen atoms in total. The first-order valence-corrected chi connectivity index (χ1v) is 6.73. The largest absolute Gasteiger partial charge is 0.444 e. The molecule has 20 heavy (non-hydrogen) atoms. The number of aryl methyl sites for hydroxylation is 1. The van der Waals surface area contributed by atoms with Crippen molar-refractivity contribution >= 4 is 28.5 Å². The Kier molecular flexibility index (Phi) is 5.11. The quantitative estimate of drug-likeness (QED) is 0.837. The van der Waals surface area contributed by atoms with Gasteiger partial charge in [-0.3, -0.25) is 10.1 Å². The highest BCUT2D eigenvalue weighted by molar-refractivity contribution is 7.17. The normalized spacial score (nSPS) is 10.6. The number of aromatic nitrogens is 1. The van der Waals surface area contributed by atoms with E-state index in [1.54, 1.807) is 27.7 Å². The standard InChI is InChI=1S/C13H17N3O3S/c1-6-7-14-10(17)9-8(2)15-11(20-9)16-12(18)19-13(3,4)5/h1H,7H2,2-5H3,(H,14,17)(H,15,16,18). The van der Waals surface area contributed by atoms with Gasteiger partial charge in [0.15, 0.2) is 5.13 Å². The molecule has 7 heteroatoms. The Bertz CT molecular complexity index is 552. The maximum Gasteiger partial charge on any atom is 0.413 e. The average molecular weight is 295 g/mol. The van der Waals surface area contributed by atoms with E-state index in [2.05, 4.69) is 21.5 Å². The third-order valence-corrected chi connectivity index (χ3v) is 3.03. The van der Waals surface area contributed by atoms with Gasteiger partial charge < -0.3 is 10.1 Å². The lowest BCUT2D eigenvalue weighted by molar-refractivity contribution is 0.0635. The van der Waals surface area contributed by atoms with Crippen LogP contribution in [0.3, 0.4) is 0 Å². The fourth-order valence-electron chi connectivity index (χ4n) is 1.26. The molecule has 0 bridgehead atoms. The summed E-state index contributed by atoms with van der Waals surface area (Å²) in [6, 6.07) is 0. The van der Waals surface area contributed by atoms with Gasteiger partial charge in [-0.05, 0) is 27.7 Å². The van der Waals surface area contributed by atoms with Crippen LogP contribution in [0.25, 0.3) is 0 Å². The van der Waals surface area contributed by atoms with Gasteiger partial charge in [0.25, 0.3) is 5.91 Å². The van der Waals surface area contributed by atoms with Crippen molar-refractivity contribution in [3.63, 3.8) is 0 Å². The average Bonchev–Trinajstić information content (AvgIpc) is 2.64. The van der Waals surface area contributed by atoms with Crippen molar-refractivity contribution in [3.05, 3.63) is 10.6 Å². The topological polar surface area (TPSA) is 80.3 Å². The maximum absolute atomic E-state index is 11.8. The molecule has 0 unspecified atom stereocenters. The monoisotopic (exact) mass is 295 g/mol. The van der Waals surface area contributed by atoms with Crippen molar-refractivity contribution in [1.82, 2.24) is 10.3 Å². The second-order valence-electron chi connectivity index (χ2n) is 4.95. The highest BCUT2D eigenvalue weighted by Crippen LogP contribution is 2.23. The first-order chi connectivity index (χ1) is 9.23. The lowest BCUT2D eigenvalue weighted by Crippen LogP contribution is -2.27. The Morgan fingerprint density at radius 3 is 2.65 bits per heavy atom. The van der Waals surface area contributed by atoms with Crippen LogP contribution in [0.2, 0.25) is 0 Å². The number of carbonyl (C=O) groups is 2. The van der Waals surface area contributed by atoms with Gasteiger partial charge in [0.05, 0.1) is 12.2 Å². The van der Waals surface area contributed by atoms with Crippen LogP contribution in [0.5, 0.6) is 0 Å². The van der Waals surface area contributed by atoms with Gasteiger partial charge in [-0.2, -0.15) is 0 Å². The van der Waals surface area contributed by atoms with E-state index in [9.17, 15) is 9.59 Å². The number of carbonyl (C=O) groups excluding carboxylic acids is 2. The number of hydrogen-bond acceptors (Lipinski definition) is 5. The molecule has 2 amide bonds. The SMILES string of the molecule is C#CCNC(=O)c1sc(NC(=O)OC(C)(C)C)nc1C. The van der Waals surface area contributed by atoms with Crippen molar-refractivity contribution in [2.45, 2.75) is 33.3 Å². The van der Waals surface area contributed by atoms with Crippen LogP contribution in [0, 0.1) is 19.3 Å². The Hall–Kier alpha value is -2.07. The molecule has 0 atom stereocenters. The zero-order valence-corrected chi connectivity index (χ0v) is 12.7. The van der Waals surface area contributed by atoms with E-state index in [1.807, 2.05) is 0 Å². The second-order valence-corrected chi connectivity index (χ2v) is 5.95. The fraction of sp³-hybridized carbons (Fsp3) is 0.462. The van der Waals surface area contributed by atoms with Crippen LogP contribution >= 0.6 is 11.3 Å². The summed E-state index contributed by atoms with van der Waals surface area (Å²) in [4.78, 5) is 27.9. The van der Waals surface area contributed by atoms with E-state index in [0.717, 1.165) is 11.3 Å². The van der Waals surface area contributed by atoms with Crippen molar-refractivity contribution in [2.75, 3.05) is 11.9 Å². The minimum absolute atomic E-state index is 0.144. The number of anilines is 1. The molecule has 0 aliphatic carbocycles. The number of terminal acetylenes is 1. The Morgan fingerprint density at radius 2 is 2.10 bits per heavy atom. The summed E-state index contributed by atoms with van der Waals surface area (Å²) in [5, 5.41) is 5.35. The van der Waals surface area contributed by atoms with Gasteiger partial charge in [0.1, 0.15) is 10.5 Å². The molecule has 108 valence electrons. The van der Waals surface area contributed by atoms with Crippen LogP contribution in [0.4, 0.5) is 9.93 Å². The summed E-state index contributed by atoms with van der Waals surface area (Å²) >= 11 is 1.07. The molecule has 0 fully saturated rings. The molecule has 2 N–H and O–H groups in total. The molecule has 0 spiro atoms. The van der Waals surface area contributed by atoms with Crippen LogP contribution in [0.1, 0.15) is 36.1 Å². The van der Waals surface area contributed by atoms with E-state index in [4.69, 9.17) is 11.2 Å². The summed E-state index contributed by atoms with van der Waals surface area (Å²) in [5.41, 5.74) is -0.0702. The number of nitrogens with zero attached hydrogens (tertiary/aromatic N) is 1. The third kappa shape index (κ3) is 4.90. The number of hydrogen-bond donors (Lipinski definition) is 2. The van der Waals surface area contributed by atoms with Crippen molar-refractivity contribution in [2.24, 2.45) is 0 Å². The van der Waals surface area contributed by atoms with Crippen molar-refractivity contribution in [3.8, 4) is 12.3 Å². The molecule has 0 aromatic carbocycles. The minimum Gasteiger partial charge on any atom is -0.444 e. The zero-order valence-electron chi connectivity index (χ0n) is 11.9. The first-order valence-electron chi connectivity index (χ1n) is 5.92. The Balaban J connectivity index is 2.73. The lowest BCUT2D eigenvalue weighted by Gasteiger charge is -2.18. The first kappa shape index (κ1) is 16.0. The zero-order chi connectivity index (χ0) is 15.3. The van der Waals surface area contributed by atoms with Crippen LogP contribution in [-0.4, -0.2) is 29.1 Å². The lowest BCUT2D eigenvalue weighted by atomic mass is 10.2. The van der Waals surface area contributed by atoms with Gasteiger partial charge in [-0.25, -0.2) is 9.78 Å². The molecule has 1 aromatic heterocycles. The molecule has 0 saturated heterocycles. The van der Waals surface area contributed by atoms with Gasteiger partial charge in [0.2, 0.25) is 0 Å². The molecule has 0 radical (unpaired) electrons. The number of rotatable bonds is 3. The minimum atomic E-state index is -0.609. The third-order valence-electron chi connectivity index (χ3n) is 1.96. The van der Waals surface area contributed by atoms with Crippen molar-refractivity contribution in [1.29, 1.82) is 0 Å². The summed E-state index contributed by atoms with van der Waals surface area (Å²) < 4.78 is 5.11. The molecule has 0 saturated carbocycles. The Morgan fingerprint density at radius 1 is 1.45 bits per heavy atom.